The van der Waals surface area contributed by atoms with Gasteiger partial charge in [0.1, 0.15) is 6.10 Å². The lowest BCUT2D eigenvalue weighted by atomic mass is 9.99. The highest BCUT2D eigenvalue weighted by Crippen LogP contribution is 2.29. The summed E-state index contributed by atoms with van der Waals surface area (Å²) in [5.41, 5.74) is -0.486. The van der Waals surface area contributed by atoms with E-state index in [1.54, 1.807) is 11.3 Å². The number of hydrogen-bond donors (Lipinski definition) is 3. The SMILES string of the molecule is CC1(C(=O)NCC(O)c2cc3ccccc3s2)CCCN1.Cl. The van der Waals surface area contributed by atoms with Crippen molar-refractivity contribution < 1.29 is 9.90 Å². The fraction of sp³-hybridized carbons (Fsp3) is 0.438. The summed E-state index contributed by atoms with van der Waals surface area (Å²) in [7, 11) is 0. The minimum absolute atomic E-state index is 0. The molecule has 1 aromatic carbocycles. The molecule has 1 fully saturated rings. The van der Waals surface area contributed by atoms with Gasteiger partial charge < -0.3 is 15.7 Å². The molecule has 1 aromatic heterocycles. The van der Waals surface area contributed by atoms with Crippen LogP contribution >= 0.6 is 23.7 Å². The molecule has 4 nitrogen and oxygen atoms in total. The standard InChI is InChI=1S/C16H20N2O2S.ClH/c1-16(7-4-8-18-16)15(20)17-10-12(19)14-9-11-5-2-3-6-13(11)21-14;/h2-3,5-6,9,12,18-19H,4,7-8,10H2,1H3,(H,17,20);1H. The summed E-state index contributed by atoms with van der Waals surface area (Å²) in [6.07, 6.45) is 1.21. The molecule has 2 unspecified atom stereocenters. The van der Waals surface area contributed by atoms with Crippen LogP contribution in [0.2, 0.25) is 0 Å². The van der Waals surface area contributed by atoms with E-state index in [0.717, 1.165) is 34.3 Å². The van der Waals surface area contributed by atoms with E-state index in [2.05, 4.69) is 10.6 Å². The number of carbonyl (C=O) groups is 1. The topological polar surface area (TPSA) is 61.4 Å². The Hall–Kier alpha value is -1.14. The second kappa shape index (κ2) is 6.96. The van der Waals surface area contributed by atoms with Crippen molar-refractivity contribution in [1.82, 2.24) is 10.6 Å². The first-order valence-corrected chi connectivity index (χ1v) is 8.10. The van der Waals surface area contributed by atoms with Crippen LogP contribution in [0.15, 0.2) is 30.3 Å². The molecule has 0 aliphatic carbocycles. The predicted molar refractivity (Wildman–Crippen MR) is 92.7 cm³/mol. The summed E-state index contributed by atoms with van der Waals surface area (Å²) in [5.74, 6) is -0.0276. The fourth-order valence-electron chi connectivity index (χ4n) is 2.74. The van der Waals surface area contributed by atoms with E-state index in [9.17, 15) is 9.90 Å². The average molecular weight is 341 g/mol. The maximum Gasteiger partial charge on any atom is 0.240 e. The average Bonchev–Trinajstić information content (AvgIpc) is 3.11. The molecule has 1 aliphatic heterocycles. The number of fused-ring (bicyclic) bond motifs is 1. The number of rotatable bonds is 4. The van der Waals surface area contributed by atoms with Gasteiger partial charge in [-0.15, -0.1) is 23.7 Å². The molecule has 0 spiro atoms. The van der Waals surface area contributed by atoms with Crippen molar-refractivity contribution in [3.05, 3.63) is 35.2 Å². The van der Waals surface area contributed by atoms with Gasteiger partial charge in [-0.2, -0.15) is 0 Å². The number of thiophene rings is 1. The lowest BCUT2D eigenvalue weighted by Gasteiger charge is -2.23. The number of hydrogen-bond acceptors (Lipinski definition) is 4. The monoisotopic (exact) mass is 340 g/mol. The van der Waals surface area contributed by atoms with Gasteiger partial charge in [0, 0.05) is 16.1 Å². The molecular formula is C16H21ClN2O2S. The van der Waals surface area contributed by atoms with Crippen molar-refractivity contribution in [1.29, 1.82) is 0 Å². The van der Waals surface area contributed by atoms with Gasteiger partial charge in [0.05, 0.1) is 5.54 Å². The van der Waals surface area contributed by atoms with Crippen LogP contribution in [0.1, 0.15) is 30.7 Å². The van der Waals surface area contributed by atoms with E-state index in [4.69, 9.17) is 0 Å². The Morgan fingerprint density at radius 2 is 2.27 bits per heavy atom. The first-order valence-electron chi connectivity index (χ1n) is 7.28. The van der Waals surface area contributed by atoms with Crippen LogP contribution in [0.4, 0.5) is 0 Å². The number of nitrogens with one attached hydrogen (secondary N) is 2. The molecule has 120 valence electrons. The Labute approximate surface area is 140 Å². The highest BCUT2D eigenvalue weighted by atomic mass is 35.5. The van der Waals surface area contributed by atoms with Crippen LogP contribution in [0.25, 0.3) is 10.1 Å². The van der Waals surface area contributed by atoms with Crippen LogP contribution in [0.3, 0.4) is 0 Å². The van der Waals surface area contributed by atoms with E-state index in [-0.39, 0.29) is 24.9 Å². The summed E-state index contributed by atoms with van der Waals surface area (Å²) >= 11 is 1.57. The number of benzene rings is 1. The van der Waals surface area contributed by atoms with Crippen molar-refractivity contribution >= 4 is 39.7 Å². The predicted octanol–water partition coefficient (Wildman–Crippen LogP) is 2.61. The maximum absolute atomic E-state index is 12.2. The van der Waals surface area contributed by atoms with Crippen molar-refractivity contribution in [2.24, 2.45) is 0 Å². The van der Waals surface area contributed by atoms with Crippen LogP contribution < -0.4 is 10.6 Å². The zero-order valence-corrected chi connectivity index (χ0v) is 14.1. The van der Waals surface area contributed by atoms with Crippen LogP contribution in [-0.2, 0) is 4.79 Å². The van der Waals surface area contributed by atoms with Gasteiger partial charge >= 0.3 is 0 Å². The zero-order valence-electron chi connectivity index (χ0n) is 12.5. The van der Waals surface area contributed by atoms with Gasteiger partial charge in [0.15, 0.2) is 0 Å². The third-order valence-electron chi connectivity index (χ3n) is 4.10. The Balaban J connectivity index is 0.00000176. The molecule has 3 N–H and O–H groups in total. The molecule has 0 radical (unpaired) electrons. The Morgan fingerprint density at radius 3 is 2.95 bits per heavy atom. The normalized spacial score (nSPS) is 22.3. The van der Waals surface area contributed by atoms with Crippen LogP contribution in [-0.4, -0.2) is 29.6 Å². The lowest BCUT2D eigenvalue weighted by Crippen LogP contribution is -2.51. The lowest BCUT2D eigenvalue weighted by molar-refractivity contribution is -0.127. The Kier molecular flexibility index (Phi) is 5.45. The third kappa shape index (κ3) is 3.43. The first kappa shape index (κ1) is 17.2. The molecule has 2 heterocycles. The van der Waals surface area contributed by atoms with Gasteiger partial charge in [0.25, 0.3) is 0 Å². The number of amides is 1. The molecule has 2 atom stereocenters. The molecule has 1 saturated heterocycles. The summed E-state index contributed by atoms with van der Waals surface area (Å²) in [6.45, 7) is 3.05. The Morgan fingerprint density at radius 1 is 1.50 bits per heavy atom. The summed E-state index contributed by atoms with van der Waals surface area (Å²) < 4.78 is 1.15. The van der Waals surface area contributed by atoms with E-state index in [1.165, 1.54) is 0 Å². The second-order valence-electron chi connectivity index (χ2n) is 5.77. The van der Waals surface area contributed by atoms with Crippen molar-refractivity contribution in [2.75, 3.05) is 13.1 Å². The van der Waals surface area contributed by atoms with Gasteiger partial charge in [-0.3, -0.25) is 4.79 Å². The molecule has 2 aromatic rings. The highest BCUT2D eigenvalue weighted by Gasteiger charge is 2.35. The van der Waals surface area contributed by atoms with E-state index in [0.29, 0.717) is 0 Å². The zero-order chi connectivity index (χ0) is 14.9. The Bertz CT molecular complexity index is 619. The van der Waals surface area contributed by atoms with Gasteiger partial charge in [-0.05, 0) is 43.8 Å². The summed E-state index contributed by atoms with van der Waals surface area (Å²) in [4.78, 5) is 13.1. The smallest absolute Gasteiger partial charge is 0.240 e. The minimum atomic E-state index is -0.656. The van der Waals surface area contributed by atoms with Gasteiger partial charge in [0.2, 0.25) is 5.91 Å². The second-order valence-corrected chi connectivity index (χ2v) is 6.89. The molecule has 22 heavy (non-hydrogen) atoms. The minimum Gasteiger partial charge on any atom is -0.386 e. The van der Waals surface area contributed by atoms with E-state index >= 15 is 0 Å². The van der Waals surface area contributed by atoms with E-state index in [1.807, 2.05) is 37.3 Å². The maximum atomic E-state index is 12.2. The van der Waals surface area contributed by atoms with Crippen molar-refractivity contribution in [3.63, 3.8) is 0 Å². The summed E-state index contributed by atoms with van der Waals surface area (Å²) in [6, 6.07) is 10.0. The third-order valence-corrected chi connectivity index (χ3v) is 5.32. The largest absolute Gasteiger partial charge is 0.386 e. The number of halogens is 1. The first-order chi connectivity index (χ1) is 10.1. The van der Waals surface area contributed by atoms with Gasteiger partial charge in [-0.1, -0.05) is 18.2 Å². The molecular weight excluding hydrogens is 320 g/mol. The van der Waals surface area contributed by atoms with Crippen LogP contribution in [0.5, 0.6) is 0 Å². The van der Waals surface area contributed by atoms with Crippen molar-refractivity contribution in [2.45, 2.75) is 31.4 Å². The highest BCUT2D eigenvalue weighted by molar-refractivity contribution is 7.19. The molecule has 0 bridgehead atoms. The van der Waals surface area contributed by atoms with Crippen molar-refractivity contribution in [3.8, 4) is 0 Å². The number of carbonyl (C=O) groups excluding carboxylic acids is 1. The quantitative estimate of drug-likeness (QED) is 0.801. The number of aliphatic hydroxyl groups excluding tert-OH is 1. The van der Waals surface area contributed by atoms with E-state index < -0.39 is 11.6 Å². The molecule has 1 aliphatic rings. The molecule has 3 rings (SSSR count). The fourth-order valence-corrected chi connectivity index (χ4v) is 3.79. The van der Waals surface area contributed by atoms with Crippen LogP contribution in [0, 0.1) is 0 Å². The molecule has 6 heteroatoms. The van der Waals surface area contributed by atoms with Gasteiger partial charge in [-0.25, -0.2) is 0 Å². The molecule has 0 saturated carbocycles. The number of aliphatic hydroxyl groups is 1. The molecule has 1 amide bonds. The summed E-state index contributed by atoms with van der Waals surface area (Å²) in [5, 5.41) is 17.5.